The van der Waals surface area contributed by atoms with E-state index in [1.54, 1.807) is 19.2 Å². The Bertz CT molecular complexity index is 731. The Labute approximate surface area is 129 Å². The molecule has 4 heteroatoms. The highest BCUT2D eigenvalue weighted by molar-refractivity contribution is 5.29. The van der Waals surface area contributed by atoms with Gasteiger partial charge in [0, 0.05) is 25.4 Å². The summed E-state index contributed by atoms with van der Waals surface area (Å²) in [6, 6.07) is 15.3. The van der Waals surface area contributed by atoms with Crippen LogP contribution in [0.4, 0.5) is 0 Å². The van der Waals surface area contributed by atoms with Gasteiger partial charge in [0.1, 0.15) is 17.3 Å². The molecule has 3 rings (SSSR count). The van der Waals surface area contributed by atoms with Crippen molar-refractivity contribution in [3.8, 4) is 11.5 Å². The average molecular weight is 294 g/mol. The first-order valence-corrected chi connectivity index (χ1v) is 7.15. The Kier molecular flexibility index (Phi) is 4.10. The molecule has 2 aromatic carbocycles. The molecule has 1 N–H and O–H groups in total. The molecule has 0 aliphatic heterocycles. The van der Waals surface area contributed by atoms with Gasteiger partial charge in [0.05, 0.1) is 7.11 Å². The summed E-state index contributed by atoms with van der Waals surface area (Å²) in [6.07, 6.45) is 4.57. The van der Waals surface area contributed by atoms with E-state index in [2.05, 4.69) is 21.7 Å². The van der Waals surface area contributed by atoms with Crippen molar-refractivity contribution in [1.82, 2.24) is 9.55 Å². The molecule has 0 spiro atoms. The van der Waals surface area contributed by atoms with Crippen molar-refractivity contribution in [2.24, 2.45) is 0 Å². The number of aromatic hydroxyl groups is 1. The second-order valence-electron chi connectivity index (χ2n) is 5.16. The molecule has 0 fully saturated rings. The monoisotopic (exact) mass is 294 g/mol. The predicted molar refractivity (Wildman–Crippen MR) is 85.2 cm³/mol. The fraction of sp³-hybridized carbons (Fsp3) is 0.167. The van der Waals surface area contributed by atoms with Crippen LogP contribution >= 0.6 is 0 Å². The molecule has 0 radical (unpaired) electrons. The van der Waals surface area contributed by atoms with Gasteiger partial charge in [-0.2, -0.15) is 0 Å². The lowest BCUT2D eigenvalue weighted by molar-refractivity contribution is 0.414. The average Bonchev–Trinajstić information content (AvgIpc) is 2.97. The van der Waals surface area contributed by atoms with Crippen molar-refractivity contribution in [2.45, 2.75) is 13.0 Å². The third-order valence-corrected chi connectivity index (χ3v) is 3.61. The van der Waals surface area contributed by atoms with Gasteiger partial charge in [0.15, 0.2) is 0 Å². The summed E-state index contributed by atoms with van der Waals surface area (Å²) in [4.78, 5) is 4.45. The summed E-state index contributed by atoms with van der Waals surface area (Å²) in [5.74, 6) is 2.15. The van der Waals surface area contributed by atoms with Crippen LogP contribution in [0.5, 0.6) is 11.5 Å². The number of aromatic nitrogens is 2. The molecule has 1 aromatic heterocycles. The van der Waals surface area contributed by atoms with Crippen LogP contribution in [0.2, 0.25) is 0 Å². The highest BCUT2D eigenvalue weighted by Gasteiger charge is 2.05. The van der Waals surface area contributed by atoms with Crippen molar-refractivity contribution in [3.63, 3.8) is 0 Å². The summed E-state index contributed by atoms with van der Waals surface area (Å²) in [5.41, 5.74) is 2.32. The van der Waals surface area contributed by atoms with Gasteiger partial charge in [-0.3, -0.25) is 0 Å². The molecule has 3 aromatic rings. The quantitative estimate of drug-likeness (QED) is 0.786. The summed E-state index contributed by atoms with van der Waals surface area (Å²) in [5, 5.41) is 9.35. The smallest absolute Gasteiger partial charge is 0.118 e. The van der Waals surface area contributed by atoms with E-state index in [0.717, 1.165) is 30.1 Å². The summed E-state index contributed by atoms with van der Waals surface area (Å²) in [6.45, 7) is 0.742. The van der Waals surface area contributed by atoms with Gasteiger partial charge in [-0.25, -0.2) is 4.98 Å². The highest BCUT2D eigenvalue weighted by atomic mass is 16.5. The number of phenolic OH excluding ortho intramolecular Hbond substituents is 1. The lowest BCUT2D eigenvalue weighted by Crippen LogP contribution is -2.05. The van der Waals surface area contributed by atoms with Crippen LogP contribution in [0.25, 0.3) is 0 Å². The Balaban J connectivity index is 1.75. The van der Waals surface area contributed by atoms with Crippen molar-refractivity contribution in [2.75, 3.05) is 7.11 Å². The number of ether oxygens (including phenoxy) is 1. The fourth-order valence-corrected chi connectivity index (χ4v) is 2.38. The molecule has 0 amide bonds. The third-order valence-electron chi connectivity index (χ3n) is 3.61. The molecule has 1 heterocycles. The van der Waals surface area contributed by atoms with Gasteiger partial charge in [0.25, 0.3) is 0 Å². The summed E-state index contributed by atoms with van der Waals surface area (Å²) >= 11 is 0. The van der Waals surface area contributed by atoms with Gasteiger partial charge in [-0.1, -0.05) is 24.3 Å². The Morgan fingerprint density at radius 2 is 1.68 bits per heavy atom. The molecule has 112 valence electrons. The van der Waals surface area contributed by atoms with Crippen LogP contribution in [0, 0.1) is 0 Å². The standard InChI is InChI=1S/C18H18N2O2/c1-22-17-8-4-14(5-9-17)12-18-19-10-11-20(18)13-15-2-6-16(21)7-3-15/h2-11,21H,12-13H2,1H3. The second kappa shape index (κ2) is 6.35. The van der Waals surface area contributed by atoms with Crippen molar-refractivity contribution >= 4 is 0 Å². The maximum absolute atomic E-state index is 9.35. The number of rotatable bonds is 5. The first-order chi connectivity index (χ1) is 10.7. The molecular weight excluding hydrogens is 276 g/mol. The first kappa shape index (κ1) is 14.2. The molecule has 0 atom stereocenters. The van der Waals surface area contributed by atoms with Crippen molar-refractivity contribution in [1.29, 1.82) is 0 Å². The van der Waals surface area contributed by atoms with Gasteiger partial charge in [-0.05, 0) is 35.4 Å². The highest BCUT2D eigenvalue weighted by Crippen LogP contribution is 2.16. The topological polar surface area (TPSA) is 47.3 Å². The predicted octanol–water partition coefficient (Wildman–Crippen LogP) is 3.24. The SMILES string of the molecule is COc1ccc(Cc2nccn2Cc2ccc(O)cc2)cc1. The Hall–Kier alpha value is -2.75. The Morgan fingerprint density at radius 3 is 2.36 bits per heavy atom. The molecule has 0 unspecified atom stereocenters. The molecule has 22 heavy (non-hydrogen) atoms. The van der Waals surface area contributed by atoms with Gasteiger partial charge >= 0.3 is 0 Å². The minimum absolute atomic E-state index is 0.285. The van der Waals surface area contributed by atoms with E-state index < -0.39 is 0 Å². The maximum Gasteiger partial charge on any atom is 0.118 e. The number of imidazole rings is 1. The van der Waals surface area contributed by atoms with E-state index in [1.165, 1.54) is 5.56 Å². The van der Waals surface area contributed by atoms with E-state index >= 15 is 0 Å². The molecule has 0 aliphatic carbocycles. The van der Waals surface area contributed by atoms with E-state index in [1.807, 2.05) is 36.7 Å². The number of hydrogen-bond acceptors (Lipinski definition) is 3. The summed E-state index contributed by atoms with van der Waals surface area (Å²) < 4.78 is 7.30. The van der Waals surface area contributed by atoms with Crippen LogP contribution in [0.1, 0.15) is 17.0 Å². The lowest BCUT2D eigenvalue weighted by Gasteiger charge is -2.09. The summed E-state index contributed by atoms with van der Waals surface area (Å²) in [7, 11) is 1.67. The largest absolute Gasteiger partial charge is 0.508 e. The lowest BCUT2D eigenvalue weighted by atomic mass is 10.1. The van der Waals surface area contributed by atoms with Crippen LogP contribution in [0.15, 0.2) is 60.9 Å². The minimum Gasteiger partial charge on any atom is -0.508 e. The number of benzene rings is 2. The molecule has 0 aliphatic rings. The number of hydrogen-bond donors (Lipinski definition) is 1. The molecule has 4 nitrogen and oxygen atoms in total. The van der Waals surface area contributed by atoms with Crippen LogP contribution in [0.3, 0.4) is 0 Å². The van der Waals surface area contributed by atoms with Crippen LogP contribution in [-0.2, 0) is 13.0 Å². The van der Waals surface area contributed by atoms with Gasteiger partial charge < -0.3 is 14.4 Å². The Morgan fingerprint density at radius 1 is 1.00 bits per heavy atom. The number of phenols is 1. The third kappa shape index (κ3) is 3.28. The van der Waals surface area contributed by atoms with E-state index in [4.69, 9.17) is 4.74 Å². The normalized spacial score (nSPS) is 10.6. The molecule has 0 saturated carbocycles. The number of nitrogens with zero attached hydrogens (tertiary/aromatic N) is 2. The molecule has 0 saturated heterocycles. The maximum atomic E-state index is 9.35. The molecular formula is C18H18N2O2. The van der Waals surface area contributed by atoms with Crippen molar-refractivity contribution < 1.29 is 9.84 Å². The molecule has 0 bridgehead atoms. The fourth-order valence-electron chi connectivity index (χ4n) is 2.38. The minimum atomic E-state index is 0.285. The van der Waals surface area contributed by atoms with E-state index in [0.29, 0.717) is 0 Å². The zero-order valence-electron chi connectivity index (χ0n) is 12.4. The second-order valence-corrected chi connectivity index (χ2v) is 5.16. The number of methoxy groups -OCH3 is 1. The van der Waals surface area contributed by atoms with Gasteiger partial charge in [-0.15, -0.1) is 0 Å². The van der Waals surface area contributed by atoms with E-state index in [-0.39, 0.29) is 5.75 Å². The van der Waals surface area contributed by atoms with E-state index in [9.17, 15) is 5.11 Å². The van der Waals surface area contributed by atoms with Crippen LogP contribution < -0.4 is 4.74 Å². The zero-order chi connectivity index (χ0) is 15.4. The van der Waals surface area contributed by atoms with Crippen molar-refractivity contribution in [3.05, 3.63) is 77.9 Å². The zero-order valence-corrected chi connectivity index (χ0v) is 12.4. The van der Waals surface area contributed by atoms with Gasteiger partial charge in [0.2, 0.25) is 0 Å². The first-order valence-electron chi connectivity index (χ1n) is 7.15. The van der Waals surface area contributed by atoms with Crippen LogP contribution in [-0.4, -0.2) is 21.8 Å².